The number of hydrogen-bond acceptors (Lipinski definition) is 6. The van der Waals surface area contributed by atoms with E-state index < -0.39 is 0 Å². The number of amides is 1. The van der Waals surface area contributed by atoms with Gasteiger partial charge in [0.25, 0.3) is 5.91 Å². The van der Waals surface area contributed by atoms with Gasteiger partial charge in [-0.3, -0.25) is 4.79 Å². The Morgan fingerprint density at radius 2 is 1.76 bits per heavy atom. The molecule has 1 aliphatic rings. The number of aromatic nitrogens is 2. The molecule has 0 radical (unpaired) electrons. The molecule has 33 heavy (non-hydrogen) atoms. The quantitative estimate of drug-likeness (QED) is 0.439. The Hall–Kier alpha value is -2.50. The molecule has 10 heteroatoms. The molecule has 3 heterocycles. The van der Waals surface area contributed by atoms with Crippen molar-refractivity contribution < 1.29 is 4.79 Å². The van der Waals surface area contributed by atoms with Crippen LogP contribution in [0.25, 0.3) is 0 Å². The van der Waals surface area contributed by atoms with Crippen molar-refractivity contribution in [3.8, 4) is 6.07 Å². The fourth-order valence-corrected chi connectivity index (χ4v) is 5.02. The van der Waals surface area contributed by atoms with Gasteiger partial charge in [0.15, 0.2) is 0 Å². The van der Waals surface area contributed by atoms with Gasteiger partial charge in [0.1, 0.15) is 16.9 Å². The maximum Gasteiger partial charge on any atom is 0.255 e. The molecule has 1 saturated heterocycles. The minimum atomic E-state index is -0.144. The number of nitriles is 1. The van der Waals surface area contributed by atoms with Crippen molar-refractivity contribution in [2.45, 2.75) is 16.8 Å². The zero-order valence-electron chi connectivity index (χ0n) is 17.6. The minimum Gasteiger partial charge on any atom is -0.352 e. The van der Waals surface area contributed by atoms with E-state index >= 15 is 0 Å². The molecule has 168 valence electrons. The zero-order chi connectivity index (χ0) is 23.5. The second-order valence-electron chi connectivity index (χ2n) is 7.38. The van der Waals surface area contributed by atoms with Gasteiger partial charge in [0.2, 0.25) is 0 Å². The van der Waals surface area contributed by atoms with E-state index in [1.807, 2.05) is 17.0 Å². The normalized spacial score (nSPS) is 13.7. The van der Waals surface area contributed by atoms with Crippen LogP contribution in [0.2, 0.25) is 15.1 Å². The molecule has 2 aromatic heterocycles. The first-order valence-electron chi connectivity index (χ1n) is 10.1. The second-order valence-corrected chi connectivity index (χ2v) is 9.72. The summed E-state index contributed by atoms with van der Waals surface area (Å²) in [7, 11) is 0. The summed E-state index contributed by atoms with van der Waals surface area (Å²) in [5, 5.41) is 11.8. The zero-order valence-corrected chi connectivity index (χ0v) is 20.6. The number of rotatable bonds is 4. The summed E-state index contributed by atoms with van der Waals surface area (Å²) in [5.41, 5.74) is 1.38. The first-order chi connectivity index (χ1) is 15.9. The molecule has 1 aromatic carbocycles. The number of anilines is 1. The monoisotopic (exact) mass is 517 g/mol. The fraction of sp³-hybridized carbons (Fsp3) is 0.217. The van der Waals surface area contributed by atoms with Crippen LogP contribution >= 0.6 is 46.6 Å². The molecule has 4 rings (SSSR count). The summed E-state index contributed by atoms with van der Waals surface area (Å²) in [6.45, 7) is 3.96. The lowest BCUT2D eigenvalue weighted by Gasteiger charge is -2.36. The van der Waals surface area contributed by atoms with Gasteiger partial charge in [-0.1, -0.05) is 46.6 Å². The fourth-order valence-electron chi connectivity index (χ4n) is 3.50. The van der Waals surface area contributed by atoms with E-state index in [0.29, 0.717) is 68.9 Å². The van der Waals surface area contributed by atoms with Crippen molar-refractivity contribution in [2.24, 2.45) is 0 Å². The van der Waals surface area contributed by atoms with Crippen molar-refractivity contribution >= 4 is 58.3 Å². The van der Waals surface area contributed by atoms with E-state index in [4.69, 9.17) is 34.8 Å². The highest BCUT2D eigenvalue weighted by Crippen LogP contribution is 2.31. The Morgan fingerprint density at radius 1 is 1.06 bits per heavy atom. The van der Waals surface area contributed by atoms with Crippen molar-refractivity contribution in [1.82, 2.24) is 14.9 Å². The van der Waals surface area contributed by atoms with E-state index in [0.717, 1.165) is 4.90 Å². The SMILES string of the molecule is Cc1nc(Sc2ccc(Cl)cc2)c(C#N)cc1C(=O)N1CCN(c2ncc(Cl)cc2Cl)CC1. The molecule has 1 aliphatic heterocycles. The van der Waals surface area contributed by atoms with Crippen molar-refractivity contribution in [1.29, 1.82) is 5.26 Å². The summed E-state index contributed by atoms with van der Waals surface area (Å²) < 4.78 is 0. The van der Waals surface area contributed by atoms with Crippen molar-refractivity contribution in [3.05, 3.63) is 74.5 Å². The van der Waals surface area contributed by atoms with Crippen LogP contribution in [-0.2, 0) is 0 Å². The summed E-state index contributed by atoms with van der Waals surface area (Å²) >= 11 is 19.5. The number of benzene rings is 1. The maximum absolute atomic E-state index is 13.2. The topological polar surface area (TPSA) is 73.1 Å². The molecule has 0 spiro atoms. The largest absolute Gasteiger partial charge is 0.352 e. The molecule has 0 bridgehead atoms. The number of pyridine rings is 2. The first kappa shape index (κ1) is 23.7. The highest BCUT2D eigenvalue weighted by atomic mass is 35.5. The third-order valence-corrected chi connectivity index (χ3v) is 6.96. The lowest BCUT2D eigenvalue weighted by atomic mass is 10.1. The van der Waals surface area contributed by atoms with Gasteiger partial charge in [-0.2, -0.15) is 5.26 Å². The number of carbonyl (C=O) groups excluding carboxylic acids is 1. The van der Waals surface area contributed by atoms with Crippen LogP contribution in [0.15, 0.2) is 52.5 Å². The number of halogens is 3. The molecule has 0 unspecified atom stereocenters. The lowest BCUT2D eigenvalue weighted by molar-refractivity contribution is 0.0745. The Labute approximate surface area is 211 Å². The van der Waals surface area contributed by atoms with E-state index in [9.17, 15) is 10.1 Å². The predicted molar refractivity (Wildman–Crippen MR) is 132 cm³/mol. The van der Waals surface area contributed by atoms with Gasteiger partial charge in [-0.25, -0.2) is 9.97 Å². The number of nitrogens with zero attached hydrogens (tertiary/aromatic N) is 5. The molecule has 0 N–H and O–H groups in total. The van der Waals surface area contributed by atoms with Gasteiger partial charge >= 0.3 is 0 Å². The van der Waals surface area contributed by atoms with Gasteiger partial charge in [-0.05, 0) is 43.3 Å². The first-order valence-corrected chi connectivity index (χ1v) is 12.0. The summed E-state index contributed by atoms with van der Waals surface area (Å²) in [5.74, 6) is 0.510. The van der Waals surface area contributed by atoms with Crippen LogP contribution in [0.4, 0.5) is 5.82 Å². The molecule has 3 aromatic rings. The Kier molecular flexibility index (Phi) is 7.30. The number of hydrogen-bond donors (Lipinski definition) is 0. The summed E-state index contributed by atoms with van der Waals surface area (Å²) in [6, 6.07) is 12.8. The van der Waals surface area contributed by atoms with E-state index in [1.54, 1.807) is 42.3 Å². The number of piperazine rings is 1. The van der Waals surface area contributed by atoms with Gasteiger partial charge < -0.3 is 9.80 Å². The molecule has 6 nitrogen and oxygen atoms in total. The molecule has 0 atom stereocenters. The predicted octanol–water partition coefficient (Wildman–Crippen LogP) is 5.73. The van der Waals surface area contributed by atoms with Crippen LogP contribution < -0.4 is 4.90 Å². The molecule has 0 saturated carbocycles. The van der Waals surface area contributed by atoms with E-state index in [1.165, 1.54) is 11.8 Å². The third kappa shape index (κ3) is 5.36. The average molecular weight is 519 g/mol. The average Bonchev–Trinajstić information content (AvgIpc) is 2.80. The Balaban J connectivity index is 1.49. The number of carbonyl (C=O) groups is 1. The Morgan fingerprint density at radius 3 is 2.39 bits per heavy atom. The standard InChI is InChI=1S/C23H18Cl3N5OS/c1-14-19(10-15(12-27)22(29-14)33-18-4-2-16(24)3-5-18)23(32)31-8-6-30(7-9-31)21-20(26)11-17(25)13-28-21/h2-5,10-11,13H,6-9H2,1H3. The smallest absolute Gasteiger partial charge is 0.255 e. The molecular formula is C23H18Cl3N5OS. The Bertz CT molecular complexity index is 1240. The van der Waals surface area contributed by atoms with Crippen LogP contribution in [0.3, 0.4) is 0 Å². The summed E-state index contributed by atoms with van der Waals surface area (Å²) in [4.78, 5) is 26.8. The summed E-state index contributed by atoms with van der Waals surface area (Å²) in [6.07, 6.45) is 1.56. The van der Waals surface area contributed by atoms with Crippen LogP contribution in [0, 0.1) is 18.3 Å². The molecule has 1 amide bonds. The third-order valence-electron chi connectivity index (χ3n) is 5.21. The van der Waals surface area contributed by atoms with E-state index in [-0.39, 0.29) is 5.91 Å². The number of aryl methyl sites for hydroxylation is 1. The van der Waals surface area contributed by atoms with Gasteiger partial charge in [0, 0.05) is 42.3 Å². The van der Waals surface area contributed by atoms with Crippen molar-refractivity contribution in [3.63, 3.8) is 0 Å². The molecular weight excluding hydrogens is 501 g/mol. The van der Waals surface area contributed by atoms with E-state index in [2.05, 4.69) is 16.0 Å². The minimum absolute atomic E-state index is 0.144. The highest BCUT2D eigenvalue weighted by molar-refractivity contribution is 7.99. The van der Waals surface area contributed by atoms with Crippen LogP contribution in [0.1, 0.15) is 21.6 Å². The molecule has 0 aliphatic carbocycles. The van der Waals surface area contributed by atoms with Crippen molar-refractivity contribution in [2.75, 3.05) is 31.1 Å². The highest BCUT2D eigenvalue weighted by Gasteiger charge is 2.26. The lowest BCUT2D eigenvalue weighted by Crippen LogP contribution is -2.49. The van der Waals surface area contributed by atoms with Crippen LogP contribution in [0.5, 0.6) is 0 Å². The maximum atomic E-state index is 13.2. The van der Waals surface area contributed by atoms with Gasteiger partial charge in [0.05, 0.1) is 26.9 Å². The second kappa shape index (κ2) is 10.2. The molecule has 1 fully saturated rings. The van der Waals surface area contributed by atoms with Gasteiger partial charge in [-0.15, -0.1) is 0 Å². The van der Waals surface area contributed by atoms with Crippen LogP contribution in [-0.4, -0.2) is 47.0 Å².